The highest BCUT2D eigenvalue weighted by Crippen LogP contribution is 2.33. The second kappa shape index (κ2) is 7.42. The molecule has 8 nitrogen and oxygen atoms in total. The molecule has 3 N–H and O–H groups in total. The lowest BCUT2D eigenvalue weighted by molar-refractivity contribution is -0.139. The molecule has 0 aliphatic rings. The van der Waals surface area contributed by atoms with Crippen molar-refractivity contribution >= 4 is 23.2 Å². The molecular weight excluding hydrogens is 384 g/mol. The third-order valence-corrected chi connectivity index (χ3v) is 3.39. The van der Waals surface area contributed by atoms with Crippen molar-refractivity contribution in [2.45, 2.75) is 6.18 Å². The second-order valence-electron chi connectivity index (χ2n) is 5.32. The minimum Gasteiger partial charge on any atom is -0.382 e. The minimum atomic E-state index is -4.90. The van der Waals surface area contributed by atoms with E-state index in [1.165, 1.54) is 18.5 Å². The molecule has 1 amide bonds. The van der Waals surface area contributed by atoms with E-state index in [0.717, 1.165) is 6.07 Å². The summed E-state index contributed by atoms with van der Waals surface area (Å²) in [4.78, 5) is 19.7. The Morgan fingerprint density at radius 2 is 2.00 bits per heavy atom. The summed E-state index contributed by atoms with van der Waals surface area (Å²) in [5.41, 5.74) is 3.95. The number of anilines is 1. The number of aliphatic imine (C=N–C) groups is 1. The molecule has 0 fully saturated rings. The van der Waals surface area contributed by atoms with Crippen LogP contribution in [-0.2, 0) is 6.18 Å². The number of amides is 1. The Morgan fingerprint density at radius 3 is 2.68 bits per heavy atom. The van der Waals surface area contributed by atoms with E-state index >= 15 is 0 Å². The maximum absolute atomic E-state index is 13.4. The van der Waals surface area contributed by atoms with Gasteiger partial charge in [-0.3, -0.25) is 9.78 Å². The first-order valence-corrected chi connectivity index (χ1v) is 7.51. The molecule has 0 bridgehead atoms. The van der Waals surface area contributed by atoms with Gasteiger partial charge in [-0.25, -0.2) is 14.0 Å². The van der Waals surface area contributed by atoms with Crippen LogP contribution in [0.5, 0.6) is 0 Å². The zero-order valence-corrected chi connectivity index (χ0v) is 13.7. The smallest absolute Gasteiger partial charge is 0.382 e. The van der Waals surface area contributed by atoms with E-state index in [4.69, 9.17) is 5.73 Å². The van der Waals surface area contributed by atoms with Gasteiger partial charge >= 0.3 is 6.18 Å². The Hall–Kier alpha value is -3.83. The number of nitrogens with two attached hydrogens (primary N) is 1. The molecule has 0 radical (unpaired) electrons. The van der Waals surface area contributed by atoms with Gasteiger partial charge in [0.2, 0.25) is 5.82 Å². The fourth-order valence-corrected chi connectivity index (χ4v) is 2.11. The normalized spacial score (nSPS) is 12.1. The molecule has 0 spiro atoms. The summed E-state index contributed by atoms with van der Waals surface area (Å²) >= 11 is 0. The molecular formula is C16H10F4N6O2. The van der Waals surface area contributed by atoms with Crippen LogP contribution in [-0.4, -0.2) is 27.0 Å². The quantitative estimate of drug-likeness (QED) is 0.399. The number of nitrogens with one attached hydrogen (secondary N) is 1. The monoisotopic (exact) mass is 394 g/mol. The molecule has 3 rings (SSSR count). The summed E-state index contributed by atoms with van der Waals surface area (Å²) in [7, 11) is 0. The lowest BCUT2D eigenvalue weighted by Crippen LogP contribution is -2.19. The van der Waals surface area contributed by atoms with Crippen LogP contribution < -0.4 is 11.1 Å². The van der Waals surface area contributed by atoms with Gasteiger partial charge in [0.25, 0.3) is 5.91 Å². The molecule has 1 aromatic carbocycles. The number of nitrogens with zero attached hydrogens (tertiary/aromatic N) is 4. The third-order valence-electron chi connectivity index (χ3n) is 3.39. The van der Waals surface area contributed by atoms with Gasteiger partial charge in [-0.15, -0.1) is 0 Å². The Kier molecular flexibility index (Phi) is 5.02. The van der Waals surface area contributed by atoms with Crippen molar-refractivity contribution in [3.05, 3.63) is 65.4 Å². The summed E-state index contributed by atoms with van der Waals surface area (Å²) < 4.78 is 56.3. The van der Waals surface area contributed by atoms with Gasteiger partial charge in [-0.05, 0) is 40.6 Å². The number of pyridine rings is 1. The second-order valence-corrected chi connectivity index (χ2v) is 5.32. The number of alkyl halides is 3. The van der Waals surface area contributed by atoms with Gasteiger partial charge in [0, 0.05) is 12.4 Å². The predicted octanol–water partition coefficient (Wildman–Crippen LogP) is 2.91. The first-order chi connectivity index (χ1) is 13.3. The van der Waals surface area contributed by atoms with E-state index in [2.05, 4.69) is 30.2 Å². The molecule has 144 valence electrons. The first kappa shape index (κ1) is 18.9. The number of rotatable bonds is 4. The van der Waals surface area contributed by atoms with Gasteiger partial charge < -0.3 is 11.1 Å². The largest absolute Gasteiger partial charge is 0.419 e. The average molecular weight is 394 g/mol. The predicted molar refractivity (Wildman–Crippen MR) is 88.3 cm³/mol. The third kappa shape index (κ3) is 4.11. The molecule has 28 heavy (non-hydrogen) atoms. The van der Waals surface area contributed by atoms with Crippen molar-refractivity contribution in [1.29, 1.82) is 0 Å². The van der Waals surface area contributed by atoms with Crippen LogP contribution in [0.25, 0.3) is 0 Å². The number of benzene rings is 1. The SMILES string of the molecule is NC(=Nc1ccc(F)c(C(F)(F)F)c1)c1nonc1NC(=O)c1cccnc1. The standard InChI is InChI=1S/C16H10F4N6O2/c17-11-4-3-9(6-10(11)16(18,19)20)23-13(21)12-14(26-28-25-12)24-15(27)8-2-1-5-22-7-8/h1-7H,(H2,21,23)(H,24,26,27). The molecule has 0 unspecified atom stereocenters. The van der Waals surface area contributed by atoms with Crippen molar-refractivity contribution < 1.29 is 27.0 Å². The van der Waals surface area contributed by atoms with E-state index in [1.54, 1.807) is 6.07 Å². The maximum atomic E-state index is 13.4. The molecule has 2 aromatic heterocycles. The van der Waals surface area contributed by atoms with Gasteiger partial charge in [-0.2, -0.15) is 13.2 Å². The van der Waals surface area contributed by atoms with E-state index in [0.29, 0.717) is 12.1 Å². The van der Waals surface area contributed by atoms with Crippen molar-refractivity contribution in [2.75, 3.05) is 5.32 Å². The van der Waals surface area contributed by atoms with Crippen LogP contribution in [0.3, 0.4) is 0 Å². The van der Waals surface area contributed by atoms with E-state index < -0.39 is 29.3 Å². The number of hydrogen-bond donors (Lipinski definition) is 2. The highest BCUT2D eigenvalue weighted by molar-refractivity contribution is 6.08. The lowest BCUT2D eigenvalue weighted by atomic mass is 10.2. The van der Waals surface area contributed by atoms with E-state index in [-0.39, 0.29) is 22.8 Å². The van der Waals surface area contributed by atoms with Crippen molar-refractivity contribution in [3.8, 4) is 0 Å². The van der Waals surface area contributed by atoms with Gasteiger partial charge in [0.15, 0.2) is 11.5 Å². The maximum Gasteiger partial charge on any atom is 0.419 e. The number of carbonyl (C=O) groups is 1. The summed E-state index contributed by atoms with van der Waals surface area (Å²) in [5, 5.41) is 9.33. The molecule has 0 saturated heterocycles. The molecule has 12 heteroatoms. The van der Waals surface area contributed by atoms with Crippen LogP contribution in [0.4, 0.5) is 29.1 Å². The number of aromatic nitrogens is 3. The molecule has 3 aromatic rings. The topological polar surface area (TPSA) is 119 Å². The highest BCUT2D eigenvalue weighted by Gasteiger charge is 2.34. The van der Waals surface area contributed by atoms with Gasteiger partial charge in [0.05, 0.1) is 16.8 Å². The van der Waals surface area contributed by atoms with Gasteiger partial charge in [0.1, 0.15) is 5.82 Å². The summed E-state index contributed by atoms with van der Waals surface area (Å²) in [5.74, 6) is -2.65. The fourth-order valence-electron chi connectivity index (χ4n) is 2.11. The molecule has 2 heterocycles. The Labute approximate surface area is 154 Å². The van der Waals surface area contributed by atoms with Gasteiger partial charge in [-0.1, -0.05) is 0 Å². The van der Waals surface area contributed by atoms with E-state index in [9.17, 15) is 22.4 Å². The molecule has 0 aliphatic carbocycles. The Balaban J connectivity index is 1.87. The fraction of sp³-hybridized carbons (Fsp3) is 0.0625. The number of hydrogen-bond acceptors (Lipinski definition) is 6. The van der Waals surface area contributed by atoms with Crippen molar-refractivity contribution in [2.24, 2.45) is 10.7 Å². The van der Waals surface area contributed by atoms with Crippen LogP contribution in [0.15, 0.2) is 52.3 Å². The number of halogens is 4. The summed E-state index contributed by atoms with van der Waals surface area (Å²) in [6, 6.07) is 5.13. The minimum absolute atomic E-state index is 0.201. The van der Waals surface area contributed by atoms with Crippen LogP contribution >= 0.6 is 0 Å². The zero-order valence-electron chi connectivity index (χ0n) is 13.7. The Morgan fingerprint density at radius 1 is 1.21 bits per heavy atom. The van der Waals surface area contributed by atoms with Crippen molar-refractivity contribution in [1.82, 2.24) is 15.3 Å². The number of carbonyl (C=O) groups excluding carboxylic acids is 1. The first-order valence-electron chi connectivity index (χ1n) is 7.51. The molecule has 0 atom stereocenters. The molecule has 0 aliphatic heterocycles. The summed E-state index contributed by atoms with van der Waals surface area (Å²) in [6.07, 6.45) is -2.12. The lowest BCUT2D eigenvalue weighted by Gasteiger charge is -2.08. The van der Waals surface area contributed by atoms with Crippen LogP contribution in [0.2, 0.25) is 0 Å². The Bertz CT molecular complexity index is 1030. The average Bonchev–Trinajstić information content (AvgIpc) is 3.11. The van der Waals surface area contributed by atoms with Crippen LogP contribution in [0.1, 0.15) is 21.6 Å². The van der Waals surface area contributed by atoms with E-state index in [1.807, 2.05) is 0 Å². The highest BCUT2D eigenvalue weighted by atomic mass is 19.4. The van der Waals surface area contributed by atoms with Crippen LogP contribution in [0, 0.1) is 5.82 Å². The number of amidine groups is 1. The zero-order chi connectivity index (χ0) is 20.3. The van der Waals surface area contributed by atoms with Crippen molar-refractivity contribution in [3.63, 3.8) is 0 Å². The molecule has 0 saturated carbocycles. The summed E-state index contributed by atoms with van der Waals surface area (Å²) in [6.45, 7) is 0.